The molecule has 0 aromatic heterocycles. The smallest absolute Gasteiger partial charge is 0.138 e. The molecule has 100 valence electrons. The van der Waals surface area contributed by atoms with Crippen molar-refractivity contribution in [2.24, 2.45) is 5.73 Å². The first-order valence-corrected chi connectivity index (χ1v) is 6.44. The lowest BCUT2D eigenvalue weighted by Gasteiger charge is -2.20. The number of hydrogen-bond donors (Lipinski definition) is 2. The van der Waals surface area contributed by atoms with E-state index in [0.717, 1.165) is 25.9 Å². The molecule has 0 atom stereocenters. The SMILES string of the molecule is CCCCN(CC)Cc1cccc(C(=N)N)c1F. The van der Waals surface area contributed by atoms with Crippen LogP contribution in [0.15, 0.2) is 18.2 Å². The van der Waals surface area contributed by atoms with Crippen LogP contribution in [0, 0.1) is 11.2 Å². The summed E-state index contributed by atoms with van der Waals surface area (Å²) in [4.78, 5) is 2.20. The molecule has 0 bridgehead atoms. The Balaban J connectivity index is 2.83. The molecule has 0 unspecified atom stereocenters. The molecule has 1 rings (SSSR count). The Hall–Kier alpha value is -1.42. The first-order valence-electron chi connectivity index (χ1n) is 6.44. The molecule has 0 aliphatic carbocycles. The maximum absolute atomic E-state index is 14.1. The van der Waals surface area contributed by atoms with Gasteiger partial charge in [0.2, 0.25) is 0 Å². The van der Waals surface area contributed by atoms with Crippen LogP contribution in [0.4, 0.5) is 4.39 Å². The van der Waals surface area contributed by atoms with E-state index >= 15 is 0 Å². The molecule has 4 heteroatoms. The second-order valence-electron chi connectivity index (χ2n) is 4.41. The highest BCUT2D eigenvalue weighted by atomic mass is 19.1. The van der Waals surface area contributed by atoms with Crippen LogP contribution < -0.4 is 5.73 Å². The van der Waals surface area contributed by atoms with Crippen LogP contribution in [0.2, 0.25) is 0 Å². The van der Waals surface area contributed by atoms with Crippen molar-refractivity contribution in [2.75, 3.05) is 13.1 Å². The predicted molar refractivity (Wildman–Crippen MR) is 73.3 cm³/mol. The molecule has 3 N–H and O–H groups in total. The third-order valence-corrected chi connectivity index (χ3v) is 3.04. The van der Waals surface area contributed by atoms with Gasteiger partial charge < -0.3 is 5.73 Å². The summed E-state index contributed by atoms with van der Waals surface area (Å²) >= 11 is 0. The Kier molecular flexibility index (Phi) is 5.78. The van der Waals surface area contributed by atoms with E-state index in [9.17, 15) is 4.39 Å². The van der Waals surface area contributed by atoms with Gasteiger partial charge in [0.05, 0.1) is 5.56 Å². The van der Waals surface area contributed by atoms with E-state index in [1.54, 1.807) is 18.2 Å². The molecule has 3 nitrogen and oxygen atoms in total. The molecule has 0 aliphatic heterocycles. The Bertz CT molecular complexity index is 404. The van der Waals surface area contributed by atoms with Crippen LogP contribution in [0.1, 0.15) is 37.8 Å². The van der Waals surface area contributed by atoms with Crippen molar-refractivity contribution in [2.45, 2.75) is 33.2 Å². The molecule has 0 spiro atoms. The van der Waals surface area contributed by atoms with Crippen LogP contribution in [-0.2, 0) is 6.54 Å². The molecule has 0 heterocycles. The number of nitrogen functional groups attached to an aromatic ring is 1. The third-order valence-electron chi connectivity index (χ3n) is 3.04. The summed E-state index contributed by atoms with van der Waals surface area (Å²) in [5.41, 5.74) is 6.16. The molecule has 1 aromatic carbocycles. The molecule has 0 amide bonds. The minimum atomic E-state index is -0.361. The lowest BCUT2D eigenvalue weighted by atomic mass is 10.1. The highest BCUT2D eigenvalue weighted by molar-refractivity contribution is 5.95. The maximum atomic E-state index is 14.1. The fourth-order valence-electron chi connectivity index (χ4n) is 1.88. The second-order valence-corrected chi connectivity index (χ2v) is 4.41. The minimum Gasteiger partial charge on any atom is -0.384 e. The van der Waals surface area contributed by atoms with Crippen LogP contribution in [0.3, 0.4) is 0 Å². The van der Waals surface area contributed by atoms with E-state index in [1.807, 2.05) is 0 Å². The topological polar surface area (TPSA) is 53.1 Å². The highest BCUT2D eigenvalue weighted by Crippen LogP contribution is 2.15. The monoisotopic (exact) mass is 251 g/mol. The van der Waals surface area contributed by atoms with Gasteiger partial charge in [0.1, 0.15) is 11.7 Å². The number of unbranched alkanes of at least 4 members (excludes halogenated alkanes) is 1. The van der Waals surface area contributed by atoms with E-state index in [0.29, 0.717) is 12.1 Å². The summed E-state index contributed by atoms with van der Waals surface area (Å²) in [6.07, 6.45) is 2.24. The summed E-state index contributed by atoms with van der Waals surface area (Å²) in [6.45, 7) is 6.65. The zero-order valence-corrected chi connectivity index (χ0v) is 11.2. The lowest BCUT2D eigenvalue weighted by molar-refractivity contribution is 0.271. The summed E-state index contributed by atoms with van der Waals surface area (Å²) in [5.74, 6) is -0.578. The van der Waals surface area contributed by atoms with Crippen LogP contribution in [-0.4, -0.2) is 23.8 Å². The molecule has 0 radical (unpaired) electrons. The number of rotatable bonds is 7. The first kappa shape index (κ1) is 14.6. The fraction of sp³-hybridized carbons (Fsp3) is 0.500. The Morgan fingerprint density at radius 2 is 2.11 bits per heavy atom. The molecule has 0 saturated carbocycles. The first-order chi connectivity index (χ1) is 8.60. The van der Waals surface area contributed by atoms with Crippen molar-refractivity contribution >= 4 is 5.84 Å². The standard InChI is InChI=1S/C14H22FN3/c1-3-5-9-18(4-2)10-11-7-6-8-12(13(11)15)14(16)17/h6-8H,3-5,9-10H2,1-2H3,(H3,16,17). The molecule has 0 saturated heterocycles. The molecule has 0 aliphatic rings. The van der Waals surface area contributed by atoms with Gasteiger partial charge in [0.25, 0.3) is 0 Å². The summed E-state index contributed by atoms with van der Waals surface area (Å²) in [7, 11) is 0. The van der Waals surface area contributed by atoms with Crippen LogP contribution in [0.5, 0.6) is 0 Å². The average molecular weight is 251 g/mol. The van der Waals surface area contributed by atoms with E-state index in [4.69, 9.17) is 11.1 Å². The van der Waals surface area contributed by atoms with Crippen molar-refractivity contribution in [1.29, 1.82) is 5.41 Å². The Morgan fingerprint density at radius 3 is 2.67 bits per heavy atom. The normalized spacial score (nSPS) is 10.9. The zero-order chi connectivity index (χ0) is 13.5. The maximum Gasteiger partial charge on any atom is 0.138 e. The Labute approximate surface area is 108 Å². The minimum absolute atomic E-state index is 0.194. The van der Waals surface area contributed by atoms with Crippen LogP contribution >= 0.6 is 0 Å². The predicted octanol–water partition coefficient (Wildman–Crippen LogP) is 2.73. The second kappa shape index (κ2) is 7.11. The summed E-state index contributed by atoms with van der Waals surface area (Å²) < 4.78 is 14.1. The molecule has 18 heavy (non-hydrogen) atoms. The molecular weight excluding hydrogens is 229 g/mol. The number of nitrogens with zero attached hydrogens (tertiary/aromatic N) is 1. The van der Waals surface area contributed by atoms with E-state index in [1.165, 1.54) is 0 Å². The Morgan fingerprint density at radius 1 is 1.39 bits per heavy atom. The third kappa shape index (κ3) is 3.81. The lowest BCUT2D eigenvalue weighted by Crippen LogP contribution is -2.25. The summed E-state index contributed by atoms with van der Waals surface area (Å²) in [6, 6.07) is 5.06. The number of amidine groups is 1. The van der Waals surface area contributed by atoms with Gasteiger partial charge in [-0.3, -0.25) is 10.3 Å². The van der Waals surface area contributed by atoms with E-state index in [2.05, 4.69) is 18.7 Å². The van der Waals surface area contributed by atoms with Crippen molar-refractivity contribution in [3.05, 3.63) is 35.1 Å². The van der Waals surface area contributed by atoms with Gasteiger partial charge >= 0.3 is 0 Å². The summed E-state index contributed by atoms with van der Waals surface area (Å²) in [5, 5.41) is 7.34. The van der Waals surface area contributed by atoms with Gasteiger partial charge in [0.15, 0.2) is 0 Å². The van der Waals surface area contributed by atoms with Gasteiger partial charge in [-0.2, -0.15) is 0 Å². The quantitative estimate of drug-likeness (QED) is 0.578. The molecule has 1 aromatic rings. The van der Waals surface area contributed by atoms with Gasteiger partial charge in [-0.25, -0.2) is 4.39 Å². The van der Waals surface area contributed by atoms with Gasteiger partial charge in [-0.15, -0.1) is 0 Å². The number of nitrogens with two attached hydrogens (primary N) is 1. The van der Waals surface area contributed by atoms with Crippen molar-refractivity contribution in [1.82, 2.24) is 4.90 Å². The number of halogens is 1. The highest BCUT2D eigenvalue weighted by Gasteiger charge is 2.12. The largest absolute Gasteiger partial charge is 0.384 e. The molecular formula is C14H22FN3. The average Bonchev–Trinajstić information content (AvgIpc) is 2.36. The van der Waals surface area contributed by atoms with Crippen molar-refractivity contribution in [3.8, 4) is 0 Å². The van der Waals surface area contributed by atoms with Crippen LogP contribution in [0.25, 0.3) is 0 Å². The van der Waals surface area contributed by atoms with Gasteiger partial charge in [-0.1, -0.05) is 32.4 Å². The molecule has 0 fully saturated rings. The number of nitrogens with one attached hydrogen (secondary N) is 1. The van der Waals surface area contributed by atoms with Crippen molar-refractivity contribution < 1.29 is 4.39 Å². The zero-order valence-electron chi connectivity index (χ0n) is 11.2. The van der Waals surface area contributed by atoms with Crippen molar-refractivity contribution in [3.63, 3.8) is 0 Å². The van der Waals surface area contributed by atoms with E-state index < -0.39 is 0 Å². The van der Waals surface area contributed by atoms with Gasteiger partial charge in [-0.05, 0) is 25.6 Å². The van der Waals surface area contributed by atoms with Gasteiger partial charge in [0, 0.05) is 12.1 Å². The fourth-order valence-corrected chi connectivity index (χ4v) is 1.88. The number of hydrogen-bond acceptors (Lipinski definition) is 2. The number of benzene rings is 1. The van der Waals surface area contributed by atoms with E-state index in [-0.39, 0.29) is 17.2 Å².